The molecule has 0 spiro atoms. The van der Waals surface area contributed by atoms with E-state index in [4.69, 9.17) is 30.4 Å². The summed E-state index contributed by atoms with van der Waals surface area (Å²) in [5.74, 6) is -1.49. The SMILES string of the molecule is COc1cc(OC)c(C(=O)N[C@H]2CC[C@H](NC(=O)c3cccc(C(=O)N[C@H]4CC[C@H](NC(=O)c5cc(C(=O)NCCN)c(OC)cc5OC)CC4)n3)CC2)cc1C(=O)NCCN. The van der Waals surface area contributed by atoms with Crippen molar-refractivity contribution in [3.63, 3.8) is 0 Å². The lowest BCUT2D eigenvalue weighted by Gasteiger charge is -2.30. The van der Waals surface area contributed by atoms with Crippen LogP contribution in [0.5, 0.6) is 23.0 Å². The number of aromatic nitrogens is 1. The van der Waals surface area contributed by atoms with E-state index in [1.165, 1.54) is 52.7 Å². The number of hydrogen-bond donors (Lipinski definition) is 8. The summed E-state index contributed by atoms with van der Waals surface area (Å²) in [4.78, 5) is 83.2. The van der Waals surface area contributed by atoms with Crippen LogP contribution in [0.2, 0.25) is 0 Å². The van der Waals surface area contributed by atoms with E-state index in [2.05, 4.69) is 36.9 Å². The van der Waals surface area contributed by atoms with Crippen molar-refractivity contribution in [1.29, 1.82) is 0 Å². The average Bonchev–Trinajstić information content (AvgIpc) is 3.30. The molecule has 0 aliphatic heterocycles. The molecule has 2 aromatic carbocycles. The second-order valence-corrected chi connectivity index (χ2v) is 15.0. The highest BCUT2D eigenvalue weighted by molar-refractivity contribution is 6.04. The van der Waals surface area contributed by atoms with Crippen molar-refractivity contribution < 1.29 is 47.7 Å². The Morgan fingerprint density at radius 3 is 1.06 bits per heavy atom. The van der Waals surface area contributed by atoms with Gasteiger partial charge in [-0.05, 0) is 75.6 Å². The van der Waals surface area contributed by atoms with E-state index in [9.17, 15) is 28.8 Å². The Balaban J connectivity index is 1.09. The van der Waals surface area contributed by atoms with Crippen molar-refractivity contribution in [2.45, 2.75) is 75.5 Å². The van der Waals surface area contributed by atoms with Crippen LogP contribution in [0.1, 0.15) is 114 Å². The Kier molecular flexibility index (Phi) is 16.8. The van der Waals surface area contributed by atoms with Gasteiger partial charge in [-0.1, -0.05) is 6.07 Å². The fraction of sp³-hybridized carbons (Fsp3) is 0.465. The number of amides is 6. The molecule has 2 aliphatic rings. The Labute approximate surface area is 360 Å². The Hall–Kier alpha value is -6.47. The monoisotopic (exact) mass is 859 g/mol. The second-order valence-electron chi connectivity index (χ2n) is 15.0. The standard InChI is InChI=1S/C43H57N9O10/c1-59-34-22-36(61-3)30(20-28(34)38(53)46-18-16-44)40(55)48-24-8-12-26(13-9-24)50-42(57)32-6-5-7-33(52-32)43(58)51-27-14-10-25(11-15-27)49-41(56)31-21-29(39(54)47-19-17-45)35(60-2)23-37(31)62-4/h5-7,20-27H,8-19,44-45H2,1-4H3,(H,46,53)(H,47,54)(H,48,55)(H,49,56)(H,50,57)(H,51,58)/t24-,25-,26-,27-. The van der Waals surface area contributed by atoms with Gasteiger partial charge in [0.25, 0.3) is 35.4 Å². The minimum absolute atomic E-state index is 0.103. The maximum atomic E-state index is 13.4. The minimum Gasteiger partial charge on any atom is -0.496 e. The van der Waals surface area contributed by atoms with Gasteiger partial charge in [0.05, 0.1) is 50.7 Å². The van der Waals surface area contributed by atoms with Crippen molar-refractivity contribution in [2.75, 3.05) is 54.6 Å². The molecule has 0 bridgehead atoms. The lowest BCUT2D eigenvalue weighted by Crippen LogP contribution is -2.44. The number of nitrogens with two attached hydrogens (primary N) is 2. The first-order valence-corrected chi connectivity index (χ1v) is 20.6. The molecule has 1 heterocycles. The summed E-state index contributed by atoms with van der Waals surface area (Å²) >= 11 is 0. The molecule has 0 radical (unpaired) electrons. The number of hydrogen-bond acceptors (Lipinski definition) is 13. The van der Waals surface area contributed by atoms with Gasteiger partial charge in [-0.2, -0.15) is 0 Å². The zero-order valence-electron chi connectivity index (χ0n) is 35.5. The second kappa shape index (κ2) is 22.4. The maximum absolute atomic E-state index is 13.4. The van der Waals surface area contributed by atoms with Crippen LogP contribution in [0.15, 0.2) is 42.5 Å². The highest BCUT2D eigenvalue weighted by atomic mass is 16.5. The van der Waals surface area contributed by atoms with E-state index in [0.717, 1.165) is 0 Å². The molecule has 0 atom stereocenters. The molecular weight excluding hydrogens is 803 g/mol. The largest absolute Gasteiger partial charge is 0.496 e. The van der Waals surface area contributed by atoms with Crippen LogP contribution in [-0.4, -0.2) is 119 Å². The minimum atomic E-state index is -0.430. The molecule has 10 N–H and O–H groups in total. The van der Waals surface area contributed by atoms with Gasteiger partial charge in [0.2, 0.25) is 0 Å². The molecule has 3 aromatic rings. The third-order valence-electron chi connectivity index (χ3n) is 10.9. The van der Waals surface area contributed by atoms with E-state index < -0.39 is 35.4 Å². The van der Waals surface area contributed by atoms with Crippen LogP contribution < -0.4 is 62.3 Å². The van der Waals surface area contributed by atoms with Crippen LogP contribution >= 0.6 is 0 Å². The number of nitrogens with one attached hydrogen (secondary N) is 6. The average molecular weight is 860 g/mol. The predicted molar refractivity (Wildman–Crippen MR) is 228 cm³/mol. The van der Waals surface area contributed by atoms with Gasteiger partial charge < -0.3 is 62.3 Å². The summed E-state index contributed by atoms with van der Waals surface area (Å²) in [6, 6.07) is 9.86. The molecule has 0 unspecified atom stereocenters. The number of pyridine rings is 1. The van der Waals surface area contributed by atoms with Crippen LogP contribution in [0.3, 0.4) is 0 Å². The molecule has 2 aliphatic carbocycles. The fourth-order valence-corrected chi connectivity index (χ4v) is 7.57. The van der Waals surface area contributed by atoms with E-state index in [-0.39, 0.29) is 107 Å². The molecule has 6 amide bonds. The number of carbonyl (C=O) groups excluding carboxylic acids is 6. The summed E-state index contributed by atoms with van der Waals surface area (Å²) < 4.78 is 21.6. The summed E-state index contributed by atoms with van der Waals surface area (Å²) in [5.41, 5.74) is 12.0. The molecule has 19 heteroatoms. The van der Waals surface area contributed by atoms with Gasteiger partial charge in [0, 0.05) is 62.5 Å². The van der Waals surface area contributed by atoms with Crippen molar-refractivity contribution >= 4 is 35.4 Å². The molecule has 0 saturated heterocycles. The normalized spacial score (nSPS) is 18.3. The first-order valence-electron chi connectivity index (χ1n) is 20.6. The molecule has 5 rings (SSSR count). The van der Waals surface area contributed by atoms with Gasteiger partial charge in [-0.3, -0.25) is 28.8 Å². The van der Waals surface area contributed by atoms with Crippen molar-refractivity contribution in [3.8, 4) is 23.0 Å². The van der Waals surface area contributed by atoms with E-state index in [1.807, 2.05) is 0 Å². The highest BCUT2D eigenvalue weighted by Gasteiger charge is 2.29. The zero-order chi connectivity index (χ0) is 44.8. The van der Waals surface area contributed by atoms with Gasteiger partial charge in [0.1, 0.15) is 34.4 Å². The molecular formula is C43H57N9O10. The summed E-state index contributed by atoms with van der Waals surface area (Å²) in [7, 11) is 5.70. The smallest absolute Gasteiger partial charge is 0.270 e. The van der Waals surface area contributed by atoms with Gasteiger partial charge in [-0.25, -0.2) is 4.98 Å². The van der Waals surface area contributed by atoms with Gasteiger partial charge >= 0.3 is 0 Å². The van der Waals surface area contributed by atoms with Gasteiger partial charge in [-0.15, -0.1) is 0 Å². The molecule has 19 nitrogen and oxygen atoms in total. The van der Waals surface area contributed by atoms with Crippen molar-refractivity contribution in [1.82, 2.24) is 36.9 Å². The van der Waals surface area contributed by atoms with Crippen LogP contribution in [0, 0.1) is 0 Å². The lowest BCUT2D eigenvalue weighted by molar-refractivity contribution is 0.0880. The molecule has 334 valence electrons. The zero-order valence-corrected chi connectivity index (χ0v) is 35.5. The number of rotatable bonds is 18. The fourth-order valence-electron chi connectivity index (χ4n) is 7.57. The van der Waals surface area contributed by atoms with Crippen LogP contribution in [-0.2, 0) is 0 Å². The van der Waals surface area contributed by atoms with Crippen molar-refractivity contribution in [2.24, 2.45) is 11.5 Å². The number of nitrogens with zero attached hydrogens (tertiary/aromatic N) is 1. The molecule has 1 aromatic heterocycles. The van der Waals surface area contributed by atoms with E-state index in [0.29, 0.717) is 51.4 Å². The van der Waals surface area contributed by atoms with E-state index >= 15 is 0 Å². The third-order valence-corrected chi connectivity index (χ3v) is 10.9. The van der Waals surface area contributed by atoms with Crippen LogP contribution in [0.4, 0.5) is 0 Å². The highest BCUT2D eigenvalue weighted by Crippen LogP contribution is 2.32. The van der Waals surface area contributed by atoms with E-state index in [1.54, 1.807) is 18.2 Å². The Morgan fingerprint density at radius 1 is 0.484 bits per heavy atom. The summed E-state index contributed by atoms with van der Waals surface area (Å²) in [5, 5.41) is 17.5. The Morgan fingerprint density at radius 2 is 0.774 bits per heavy atom. The first-order chi connectivity index (χ1) is 29.9. The number of benzene rings is 2. The quantitative estimate of drug-likeness (QED) is 0.0901. The van der Waals surface area contributed by atoms with Gasteiger partial charge in [0.15, 0.2) is 0 Å². The lowest BCUT2D eigenvalue weighted by atomic mass is 9.90. The number of ether oxygens (including phenoxy) is 4. The topological polar surface area (TPSA) is 276 Å². The van der Waals surface area contributed by atoms with Crippen molar-refractivity contribution in [3.05, 3.63) is 76.1 Å². The summed E-state index contributed by atoms with van der Waals surface area (Å²) in [6.07, 6.45) is 4.72. The number of carbonyl (C=O) groups is 6. The molecule has 2 saturated carbocycles. The third kappa shape index (κ3) is 11.9. The number of methoxy groups -OCH3 is 4. The van der Waals surface area contributed by atoms with Crippen LogP contribution in [0.25, 0.3) is 0 Å². The predicted octanol–water partition coefficient (Wildman–Crippen LogP) is 1.44. The maximum Gasteiger partial charge on any atom is 0.270 e. The first kappa shape index (κ1) is 46.6. The molecule has 2 fully saturated rings. The molecule has 62 heavy (non-hydrogen) atoms. The summed E-state index contributed by atoms with van der Waals surface area (Å²) in [6.45, 7) is 1.02. The Bertz CT molecular complexity index is 1960.